The average molecular weight is 221 g/mol. The third-order valence-electron chi connectivity index (χ3n) is 2.59. The van der Waals surface area contributed by atoms with Crippen LogP contribution in [0.5, 0.6) is 0 Å². The number of nitrogens with zero attached hydrogens (tertiary/aromatic N) is 1. The van der Waals surface area contributed by atoms with E-state index >= 15 is 0 Å². The molecular formula is C12H13ClN2. The Bertz CT molecular complexity index is 500. The molecule has 3 heteroatoms. The molecule has 1 aromatic heterocycles. The SMILES string of the molecule is Cc1ccc(-c2n[nH]c(Cl)c2C)c(C)c1. The Labute approximate surface area is 94.3 Å². The molecule has 78 valence electrons. The van der Waals surface area contributed by atoms with Crippen molar-refractivity contribution in [3.05, 3.63) is 40.0 Å². The number of aromatic nitrogens is 2. The highest BCUT2D eigenvalue weighted by atomic mass is 35.5. The van der Waals surface area contributed by atoms with Crippen LogP contribution in [0.15, 0.2) is 18.2 Å². The summed E-state index contributed by atoms with van der Waals surface area (Å²) in [6, 6.07) is 6.33. The fourth-order valence-corrected chi connectivity index (χ4v) is 1.85. The van der Waals surface area contributed by atoms with Crippen molar-refractivity contribution in [3.8, 4) is 11.3 Å². The third kappa shape index (κ3) is 1.77. The van der Waals surface area contributed by atoms with E-state index in [0.717, 1.165) is 16.8 Å². The van der Waals surface area contributed by atoms with Gasteiger partial charge in [-0.05, 0) is 26.3 Å². The van der Waals surface area contributed by atoms with Gasteiger partial charge in [0.2, 0.25) is 0 Å². The predicted molar refractivity (Wildman–Crippen MR) is 63.2 cm³/mol. The lowest BCUT2D eigenvalue weighted by Gasteiger charge is -2.04. The van der Waals surface area contributed by atoms with Crippen LogP contribution in [0.4, 0.5) is 0 Å². The van der Waals surface area contributed by atoms with Gasteiger partial charge in [-0.25, -0.2) is 0 Å². The summed E-state index contributed by atoms with van der Waals surface area (Å²) in [4.78, 5) is 0. The second-order valence-corrected chi connectivity index (χ2v) is 4.21. The van der Waals surface area contributed by atoms with Crippen LogP contribution in [-0.2, 0) is 0 Å². The van der Waals surface area contributed by atoms with Crippen molar-refractivity contribution >= 4 is 11.6 Å². The molecule has 2 aromatic rings. The molecule has 2 rings (SSSR count). The van der Waals surface area contributed by atoms with Gasteiger partial charge < -0.3 is 0 Å². The number of aromatic amines is 1. The minimum Gasteiger partial charge on any atom is -0.266 e. The van der Waals surface area contributed by atoms with Gasteiger partial charge in [0, 0.05) is 11.1 Å². The highest BCUT2D eigenvalue weighted by molar-refractivity contribution is 6.30. The van der Waals surface area contributed by atoms with E-state index in [1.807, 2.05) is 6.92 Å². The number of nitrogens with one attached hydrogen (secondary N) is 1. The van der Waals surface area contributed by atoms with Crippen LogP contribution in [0.25, 0.3) is 11.3 Å². The number of benzene rings is 1. The lowest BCUT2D eigenvalue weighted by atomic mass is 10.0. The van der Waals surface area contributed by atoms with Gasteiger partial charge >= 0.3 is 0 Å². The van der Waals surface area contributed by atoms with Crippen molar-refractivity contribution in [2.24, 2.45) is 0 Å². The Morgan fingerprint density at radius 2 is 1.93 bits per heavy atom. The van der Waals surface area contributed by atoms with Crippen molar-refractivity contribution in [1.82, 2.24) is 10.2 Å². The molecule has 0 saturated carbocycles. The first-order valence-electron chi connectivity index (χ1n) is 4.87. The number of hydrogen-bond acceptors (Lipinski definition) is 1. The minimum absolute atomic E-state index is 0.616. The molecule has 0 aliphatic heterocycles. The molecule has 0 unspecified atom stereocenters. The number of rotatable bonds is 1. The lowest BCUT2D eigenvalue weighted by molar-refractivity contribution is 1.09. The fraction of sp³-hybridized carbons (Fsp3) is 0.250. The van der Waals surface area contributed by atoms with Crippen molar-refractivity contribution in [2.75, 3.05) is 0 Å². The normalized spacial score (nSPS) is 10.7. The molecule has 0 atom stereocenters. The zero-order valence-corrected chi connectivity index (χ0v) is 9.81. The van der Waals surface area contributed by atoms with E-state index in [4.69, 9.17) is 11.6 Å². The zero-order valence-electron chi connectivity index (χ0n) is 9.06. The molecule has 15 heavy (non-hydrogen) atoms. The molecule has 0 bridgehead atoms. The van der Waals surface area contributed by atoms with Crippen LogP contribution in [-0.4, -0.2) is 10.2 Å². The van der Waals surface area contributed by atoms with E-state index in [0.29, 0.717) is 5.15 Å². The van der Waals surface area contributed by atoms with Gasteiger partial charge in [0.15, 0.2) is 0 Å². The summed E-state index contributed by atoms with van der Waals surface area (Å²) in [5, 5.41) is 7.63. The summed E-state index contributed by atoms with van der Waals surface area (Å²) in [6.07, 6.45) is 0. The second-order valence-electron chi connectivity index (χ2n) is 3.83. The van der Waals surface area contributed by atoms with Crippen molar-refractivity contribution in [3.63, 3.8) is 0 Å². The lowest BCUT2D eigenvalue weighted by Crippen LogP contribution is -1.86. The van der Waals surface area contributed by atoms with E-state index in [-0.39, 0.29) is 0 Å². The molecule has 2 nitrogen and oxygen atoms in total. The topological polar surface area (TPSA) is 28.7 Å². The van der Waals surface area contributed by atoms with Gasteiger partial charge in [-0.2, -0.15) is 5.10 Å². The van der Waals surface area contributed by atoms with Crippen molar-refractivity contribution in [2.45, 2.75) is 20.8 Å². The molecule has 0 aliphatic rings. The highest BCUT2D eigenvalue weighted by Crippen LogP contribution is 2.28. The molecule has 1 heterocycles. The Morgan fingerprint density at radius 3 is 2.47 bits per heavy atom. The quantitative estimate of drug-likeness (QED) is 0.781. The van der Waals surface area contributed by atoms with E-state index in [2.05, 4.69) is 42.2 Å². The van der Waals surface area contributed by atoms with Gasteiger partial charge in [-0.3, -0.25) is 5.10 Å². The van der Waals surface area contributed by atoms with E-state index in [1.165, 1.54) is 11.1 Å². The van der Waals surface area contributed by atoms with Crippen molar-refractivity contribution < 1.29 is 0 Å². The van der Waals surface area contributed by atoms with E-state index < -0.39 is 0 Å². The van der Waals surface area contributed by atoms with Crippen LogP contribution in [0.3, 0.4) is 0 Å². The predicted octanol–water partition coefficient (Wildman–Crippen LogP) is 3.66. The number of halogens is 1. The van der Waals surface area contributed by atoms with E-state index in [9.17, 15) is 0 Å². The molecule has 0 radical (unpaired) electrons. The molecule has 0 spiro atoms. The Hall–Kier alpha value is -1.28. The van der Waals surface area contributed by atoms with Crippen LogP contribution < -0.4 is 0 Å². The van der Waals surface area contributed by atoms with Crippen LogP contribution >= 0.6 is 11.6 Å². The average Bonchev–Trinajstić information content (AvgIpc) is 2.49. The van der Waals surface area contributed by atoms with Gasteiger partial charge in [0.1, 0.15) is 5.15 Å². The van der Waals surface area contributed by atoms with Crippen LogP contribution in [0.1, 0.15) is 16.7 Å². The molecular weight excluding hydrogens is 208 g/mol. The smallest absolute Gasteiger partial charge is 0.127 e. The second kappa shape index (κ2) is 3.70. The highest BCUT2D eigenvalue weighted by Gasteiger charge is 2.11. The largest absolute Gasteiger partial charge is 0.266 e. The van der Waals surface area contributed by atoms with Crippen LogP contribution in [0, 0.1) is 20.8 Å². The molecule has 0 aliphatic carbocycles. The van der Waals surface area contributed by atoms with E-state index in [1.54, 1.807) is 0 Å². The van der Waals surface area contributed by atoms with Gasteiger partial charge in [-0.1, -0.05) is 35.4 Å². The number of aryl methyl sites for hydroxylation is 2. The Kier molecular flexibility index (Phi) is 2.53. The maximum Gasteiger partial charge on any atom is 0.127 e. The zero-order chi connectivity index (χ0) is 11.0. The first-order valence-corrected chi connectivity index (χ1v) is 5.25. The maximum absolute atomic E-state index is 5.94. The first kappa shape index (κ1) is 10.2. The molecule has 1 aromatic carbocycles. The van der Waals surface area contributed by atoms with Gasteiger partial charge in [0.05, 0.1) is 5.69 Å². The third-order valence-corrected chi connectivity index (χ3v) is 2.96. The Morgan fingerprint density at radius 1 is 1.20 bits per heavy atom. The summed E-state index contributed by atoms with van der Waals surface area (Å²) in [7, 11) is 0. The Balaban J connectivity index is 2.59. The fourth-order valence-electron chi connectivity index (χ4n) is 1.72. The summed E-state index contributed by atoms with van der Waals surface area (Å²) >= 11 is 5.94. The van der Waals surface area contributed by atoms with Gasteiger partial charge in [-0.15, -0.1) is 0 Å². The molecule has 0 fully saturated rings. The summed E-state index contributed by atoms with van der Waals surface area (Å²) < 4.78 is 0. The summed E-state index contributed by atoms with van der Waals surface area (Å²) in [6.45, 7) is 6.14. The standard InChI is InChI=1S/C12H13ClN2/c1-7-4-5-10(8(2)6-7)11-9(3)12(13)15-14-11/h4-6H,1-3H3,(H,14,15). The van der Waals surface area contributed by atoms with Crippen LogP contribution in [0.2, 0.25) is 5.15 Å². The number of hydrogen-bond donors (Lipinski definition) is 1. The maximum atomic E-state index is 5.94. The van der Waals surface area contributed by atoms with Crippen molar-refractivity contribution in [1.29, 1.82) is 0 Å². The number of H-pyrrole nitrogens is 1. The minimum atomic E-state index is 0.616. The monoisotopic (exact) mass is 220 g/mol. The molecule has 0 amide bonds. The summed E-state index contributed by atoms with van der Waals surface area (Å²) in [5.41, 5.74) is 5.57. The molecule has 0 saturated heterocycles. The summed E-state index contributed by atoms with van der Waals surface area (Å²) in [5.74, 6) is 0. The molecule has 1 N–H and O–H groups in total. The first-order chi connectivity index (χ1) is 7.09. The van der Waals surface area contributed by atoms with Gasteiger partial charge in [0.25, 0.3) is 0 Å².